The lowest BCUT2D eigenvalue weighted by Gasteiger charge is -2.21. The summed E-state index contributed by atoms with van der Waals surface area (Å²) in [6, 6.07) is 21.4. The number of allylic oxidation sites excluding steroid dienone is 1. The van der Waals surface area contributed by atoms with Crippen LogP contribution in [0.5, 0.6) is 0 Å². The predicted octanol–water partition coefficient (Wildman–Crippen LogP) is 5.36. The third kappa shape index (κ3) is 5.00. The Bertz CT molecular complexity index is 1190. The maximum absolute atomic E-state index is 13.2. The molecular weight excluding hydrogens is 420 g/mol. The Hall–Kier alpha value is -3.58. The molecule has 0 atom stereocenters. The standard InChI is InChI=1S/C25H24N4O2S/c1-3-14-28-24(20-10-7-9-19(2)16-20)26-27-25(28)32-18-23(30)29(17-22-13-8-15-31-22)21-11-5-4-6-12-21/h3-13,15-16H,1,14,17-18H2,2H3. The zero-order chi connectivity index (χ0) is 22.3. The average molecular weight is 445 g/mol. The normalized spacial score (nSPS) is 10.8. The summed E-state index contributed by atoms with van der Waals surface area (Å²) in [6.07, 6.45) is 3.42. The van der Waals surface area contributed by atoms with Crippen LogP contribution in [-0.2, 0) is 17.9 Å². The van der Waals surface area contributed by atoms with Crippen molar-refractivity contribution >= 4 is 23.4 Å². The summed E-state index contributed by atoms with van der Waals surface area (Å²) in [5, 5.41) is 9.43. The van der Waals surface area contributed by atoms with Crippen molar-refractivity contribution in [1.29, 1.82) is 0 Å². The van der Waals surface area contributed by atoms with E-state index in [-0.39, 0.29) is 11.7 Å². The third-order valence-electron chi connectivity index (χ3n) is 4.89. The first-order chi connectivity index (χ1) is 15.7. The van der Waals surface area contributed by atoms with Gasteiger partial charge in [-0.1, -0.05) is 59.8 Å². The molecule has 0 radical (unpaired) electrons. The van der Waals surface area contributed by atoms with E-state index in [4.69, 9.17) is 4.42 Å². The van der Waals surface area contributed by atoms with Gasteiger partial charge in [-0.3, -0.25) is 9.36 Å². The minimum Gasteiger partial charge on any atom is -0.467 e. The Labute approximate surface area is 191 Å². The van der Waals surface area contributed by atoms with Gasteiger partial charge in [-0.15, -0.1) is 16.8 Å². The summed E-state index contributed by atoms with van der Waals surface area (Å²) >= 11 is 1.37. The van der Waals surface area contributed by atoms with Crippen LogP contribution >= 0.6 is 11.8 Å². The van der Waals surface area contributed by atoms with E-state index in [0.29, 0.717) is 18.2 Å². The van der Waals surface area contributed by atoms with Gasteiger partial charge in [-0.05, 0) is 37.3 Å². The number of nitrogens with zero attached hydrogens (tertiary/aromatic N) is 4. The second-order valence-corrected chi connectivity index (χ2v) is 8.20. The van der Waals surface area contributed by atoms with Crippen molar-refractivity contribution < 1.29 is 9.21 Å². The number of hydrogen-bond acceptors (Lipinski definition) is 5. The number of thioether (sulfide) groups is 1. The van der Waals surface area contributed by atoms with Gasteiger partial charge in [0.2, 0.25) is 5.91 Å². The lowest BCUT2D eigenvalue weighted by atomic mass is 10.1. The van der Waals surface area contributed by atoms with Crippen LogP contribution in [0.15, 0.2) is 95.2 Å². The molecule has 2 aromatic carbocycles. The summed E-state index contributed by atoms with van der Waals surface area (Å²) in [7, 11) is 0. The highest BCUT2D eigenvalue weighted by Crippen LogP contribution is 2.26. The van der Waals surface area contributed by atoms with Crippen LogP contribution in [0.4, 0.5) is 5.69 Å². The van der Waals surface area contributed by atoms with Crippen LogP contribution in [0.2, 0.25) is 0 Å². The summed E-state index contributed by atoms with van der Waals surface area (Å²) in [5.41, 5.74) is 2.96. The molecule has 0 aliphatic heterocycles. The Balaban J connectivity index is 1.55. The maximum Gasteiger partial charge on any atom is 0.237 e. The van der Waals surface area contributed by atoms with Crippen LogP contribution < -0.4 is 4.90 Å². The van der Waals surface area contributed by atoms with Crippen LogP contribution in [0.25, 0.3) is 11.4 Å². The molecule has 32 heavy (non-hydrogen) atoms. The van der Waals surface area contributed by atoms with Gasteiger partial charge in [0.15, 0.2) is 11.0 Å². The first kappa shape index (κ1) is 21.6. The van der Waals surface area contributed by atoms with Crippen molar-refractivity contribution in [3.8, 4) is 11.4 Å². The number of furan rings is 1. The van der Waals surface area contributed by atoms with Gasteiger partial charge in [0.1, 0.15) is 5.76 Å². The van der Waals surface area contributed by atoms with E-state index in [1.54, 1.807) is 11.2 Å². The fourth-order valence-electron chi connectivity index (χ4n) is 3.38. The van der Waals surface area contributed by atoms with Crippen molar-refractivity contribution in [1.82, 2.24) is 14.8 Å². The second kappa shape index (κ2) is 10.2. The van der Waals surface area contributed by atoms with E-state index in [1.807, 2.05) is 78.2 Å². The number of para-hydroxylation sites is 1. The number of hydrogen-bond donors (Lipinski definition) is 0. The monoisotopic (exact) mass is 444 g/mol. The SMILES string of the molecule is C=CCn1c(SCC(=O)N(Cc2ccco2)c2ccccc2)nnc1-c1cccc(C)c1. The first-order valence-electron chi connectivity index (χ1n) is 10.3. The Morgan fingerprint density at radius 1 is 1.12 bits per heavy atom. The van der Waals surface area contributed by atoms with Crippen LogP contribution in [0.1, 0.15) is 11.3 Å². The van der Waals surface area contributed by atoms with Crippen molar-refractivity contribution in [2.75, 3.05) is 10.7 Å². The molecule has 2 heterocycles. The number of carbonyl (C=O) groups excluding carboxylic acids is 1. The second-order valence-electron chi connectivity index (χ2n) is 7.26. The van der Waals surface area contributed by atoms with E-state index in [1.165, 1.54) is 11.8 Å². The van der Waals surface area contributed by atoms with E-state index in [0.717, 1.165) is 28.4 Å². The smallest absolute Gasteiger partial charge is 0.237 e. The van der Waals surface area contributed by atoms with Gasteiger partial charge in [-0.2, -0.15) is 0 Å². The molecule has 4 aromatic rings. The molecule has 0 fully saturated rings. The van der Waals surface area contributed by atoms with E-state index < -0.39 is 0 Å². The maximum atomic E-state index is 13.2. The molecule has 0 unspecified atom stereocenters. The molecule has 0 aliphatic carbocycles. The van der Waals surface area contributed by atoms with Gasteiger partial charge < -0.3 is 9.32 Å². The van der Waals surface area contributed by atoms with E-state index in [9.17, 15) is 4.79 Å². The molecule has 0 bridgehead atoms. The highest BCUT2D eigenvalue weighted by Gasteiger charge is 2.20. The quantitative estimate of drug-likeness (QED) is 0.257. The third-order valence-corrected chi connectivity index (χ3v) is 5.84. The number of benzene rings is 2. The predicted molar refractivity (Wildman–Crippen MR) is 127 cm³/mol. The van der Waals surface area contributed by atoms with Gasteiger partial charge >= 0.3 is 0 Å². The molecule has 4 rings (SSSR count). The molecule has 1 amide bonds. The Kier molecular flexibility index (Phi) is 6.87. The van der Waals surface area contributed by atoms with Crippen LogP contribution in [0, 0.1) is 6.92 Å². The average Bonchev–Trinajstić information content (AvgIpc) is 3.47. The first-order valence-corrected chi connectivity index (χ1v) is 11.3. The summed E-state index contributed by atoms with van der Waals surface area (Å²) in [6.45, 7) is 6.83. The molecule has 6 nitrogen and oxygen atoms in total. The number of aromatic nitrogens is 3. The number of carbonyl (C=O) groups is 1. The lowest BCUT2D eigenvalue weighted by Crippen LogP contribution is -2.31. The molecule has 0 N–H and O–H groups in total. The molecular formula is C25H24N4O2S. The fraction of sp³-hybridized carbons (Fsp3) is 0.160. The summed E-state index contributed by atoms with van der Waals surface area (Å²) in [4.78, 5) is 14.9. The molecule has 162 valence electrons. The largest absolute Gasteiger partial charge is 0.467 e. The lowest BCUT2D eigenvalue weighted by molar-refractivity contribution is -0.116. The molecule has 0 aliphatic rings. The minimum absolute atomic E-state index is 0.0390. The molecule has 0 saturated carbocycles. The van der Waals surface area contributed by atoms with Gasteiger partial charge in [0.25, 0.3) is 0 Å². The number of rotatable bonds is 9. The molecule has 7 heteroatoms. The van der Waals surface area contributed by atoms with Crippen molar-refractivity contribution in [2.24, 2.45) is 0 Å². The topological polar surface area (TPSA) is 64.2 Å². The van der Waals surface area contributed by atoms with Crippen LogP contribution in [0.3, 0.4) is 0 Å². The minimum atomic E-state index is -0.0390. The zero-order valence-corrected chi connectivity index (χ0v) is 18.7. The van der Waals surface area contributed by atoms with Gasteiger partial charge in [0.05, 0.1) is 18.6 Å². The van der Waals surface area contributed by atoms with Crippen molar-refractivity contribution in [2.45, 2.75) is 25.2 Å². The van der Waals surface area contributed by atoms with E-state index in [2.05, 4.69) is 22.8 Å². The zero-order valence-electron chi connectivity index (χ0n) is 17.8. The fourth-order valence-corrected chi connectivity index (χ4v) is 4.20. The van der Waals surface area contributed by atoms with Gasteiger partial charge in [0, 0.05) is 17.8 Å². The number of anilines is 1. The summed E-state index contributed by atoms with van der Waals surface area (Å²) < 4.78 is 7.46. The highest BCUT2D eigenvalue weighted by atomic mass is 32.2. The van der Waals surface area contributed by atoms with Crippen molar-refractivity contribution in [3.63, 3.8) is 0 Å². The number of amides is 1. The summed E-state index contributed by atoms with van der Waals surface area (Å²) in [5.74, 6) is 1.67. The highest BCUT2D eigenvalue weighted by molar-refractivity contribution is 7.99. The van der Waals surface area contributed by atoms with E-state index >= 15 is 0 Å². The molecule has 2 aromatic heterocycles. The Morgan fingerprint density at radius 2 is 1.97 bits per heavy atom. The number of aryl methyl sites for hydroxylation is 1. The molecule has 0 saturated heterocycles. The molecule has 0 spiro atoms. The van der Waals surface area contributed by atoms with Gasteiger partial charge in [-0.25, -0.2) is 0 Å². The van der Waals surface area contributed by atoms with Crippen molar-refractivity contribution in [3.05, 3.63) is 97.0 Å². The van der Waals surface area contributed by atoms with Crippen LogP contribution in [-0.4, -0.2) is 26.4 Å². The Morgan fingerprint density at radius 3 is 2.69 bits per heavy atom.